The lowest BCUT2D eigenvalue weighted by molar-refractivity contribution is 0.0520. The highest BCUT2D eigenvalue weighted by atomic mass is 16.5. The van der Waals surface area contributed by atoms with E-state index in [1.807, 2.05) is 0 Å². The molecule has 0 amide bonds. The van der Waals surface area contributed by atoms with Gasteiger partial charge in [0.15, 0.2) is 0 Å². The number of carbonyl (C=O) groups excluding carboxylic acids is 1. The Morgan fingerprint density at radius 3 is 3.07 bits per heavy atom. The summed E-state index contributed by atoms with van der Waals surface area (Å²) in [7, 11) is 0. The van der Waals surface area contributed by atoms with Gasteiger partial charge in [0.05, 0.1) is 12.0 Å². The van der Waals surface area contributed by atoms with Gasteiger partial charge in [-0.3, -0.25) is 0 Å². The molecule has 2 heterocycles. The SMILES string of the molecule is CCOC(=O)c1cc2c(O)ncnc2[nH]1. The van der Waals surface area contributed by atoms with E-state index in [2.05, 4.69) is 15.0 Å². The van der Waals surface area contributed by atoms with E-state index in [0.717, 1.165) is 0 Å². The molecule has 0 unspecified atom stereocenters. The third kappa shape index (κ3) is 1.61. The molecule has 15 heavy (non-hydrogen) atoms. The maximum absolute atomic E-state index is 11.3. The molecule has 0 aliphatic heterocycles. The van der Waals surface area contributed by atoms with Crippen molar-refractivity contribution in [2.75, 3.05) is 6.61 Å². The number of carbonyl (C=O) groups is 1. The summed E-state index contributed by atoms with van der Waals surface area (Å²) in [5.41, 5.74) is 0.660. The van der Waals surface area contributed by atoms with Crippen LogP contribution >= 0.6 is 0 Å². The van der Waals surface area contributed by atoms with Gasteiger partial charge < -0.3 is 14.8 Å². The van der Waals surface area contributed by atoms with E-state index < -0.39 is 5.97 Å². The van der Waals surface area contributed by atoms with Crippen LogP contribution in [0.3, 0.4) is 0 Å². The Morgan fingerprint density at radius 2 is 2.40 bits per heavy atom. The molecule has 2 N–H and O–H groups in total. The molecule has 6 heteroatoms. The number of aromatic amines is 1. The Bertz CT molecular complexity index is 506. The minimum atomic E-state index is -0.477. The Balaban J connectivity index is 2.47. The number of hydrogen-bond acceptors (Lipinski definition) is 5. The lowest BCUT2D eigenvalue weighted by Crippen LogP contribution is -2.04. The fourth-order valence-corrected chi connectivity index (χ4v) is 1.25. The monoisotopic (exact) mass is 207 g/mol. The van der Waals surface area contributed by atoms with Crippen molar-refractivity contribution >= 4 is 17.0 Å². The van der Waals surface area contributed by atoms with Gasteiger partial charge in [0.1, 0.15) is 17.7 Å². The van der Waals surface area contributed by atoms with Gasteiger partial charge in [-0.1, -0.05) is 0 Å². The van der Waals surface area contributed by atoms with Gasteiger partial charge in [-0.25, -0.2) is 14.8 Å². The molecule has 6 nitrogen and oxygen atoms in total. The van der Waals surface area contributed by atoms with Crippen LogP contribution in [0.15, 0.2) is 12.4 Å². The number of nitrogens with one attached hydrogen (secondary N) is 1. The number of hydrogen-bond donors (Lipinski definition) is 2. The average Bonchev–Trinajstić information content (AvgIpc) is 2.63. The number of aromatic nitrogens is 3. The van der Waals surface area contributed by atoms with Gasteiger partial charge in [0.25, 0.3) is 0 Å². The summed E-state index contributed by atoms with van der Waals surface area (Å²) in [5, 5.41) is 9.78. The van der Waals surface area contributed by atoms with Gasteiger partial charge in [-0.15, -0.1) is 0 Å². The Labute approximate surface area is 84.9 Å². The van der Waals surface area contributed by atoms with Crippen LogP contribution in [-0.4, -0.2) is 32.6 Å². The molecular formula is C9H9N3O3. The van der Waals surface area contributed by atoms with Crippen molar-refractivity contribution in [2.24, 2.45) is 0 Å². The number of aromatic hydroxyl groups is 1. The van der Waals surface area contributed by atoms with Gasteiger partial charge in [-0.2, -0.15) is 0 Å². The minimum Gasteiger partial charge on any atom is -0.493 e. The number of fused-ring (bicyclic) bond motifs is 1. The second kappa shape index (κ2) is 3.56. The highest BCUT2D eigenvalue weighted by Gasteiger charge is 2.13. The molecule has 0 saturated heterocycles. The van der Waals surface area contributed by atoms with Gasteiger partial charge in [-0.05, 0) is 13.0 Å². The Morgan fingerprint density at radius 1 is 1.60 bits per heavy atom. The number of ether oxygens (including phenoxy) is 1. The van der Waals surface area contributed by atoms with E-state index in [1.165, 1.54) is 12.4 Å². The van der Waals surface area contributed by atoms with Crippen molar-refractivity contribution in [1.29, 1.82) is 0 Å². The van der Waals surface area contributed by atoms with E-state index in [1.54, 1.807) is 6.92 Å². The van der Waals surface area contributed by atoms with Crippen LogP contribution in [0.2, 0.25) is 0 Å². The normalized spacial score (nSPS) is 10.5. The first kappa shape index (κ1) is 9.45. The third-order valence-corrected chi connectivity index (χ3v) is 1.90. The Hall–Kier alpha value is -2.11. The zero-order chi connectivity index (χ0) is 10.8. The highest BCUT2D eigenvalue weighted by molar-refractivity contribution is 5.95. The van der Waals surface area contributed by atoms with Gasteiger partial charge in [0.2, 0.25) is 5.88 Å². The lowest BCUT2D eigenvalue weighted by atomic mass is 10.3. The van der Waals surface area contributed by atoms with E-state index in [4.69, 9.17) is 4.74 Å². The molecule has 2 rings (SSSR count). The molecule has 0 fully saturated rings. The maximum Gasteiger partial charge on any atom is 0.354 e. The summed E-state index contributed by atoms with van der Waals surface area (Å²) in [4.78, 5) is 21.5. The fraction of sp³-hybridized carbons (Fsp3) is 0.222. The maximum atomic E-state index is 11.3. The number of H-pyrrole nitrogens is 1. The van der Waals surface area contributed by atoms with Crippen LogP contribution in [-0.2, 0) is 4.74 Å². The van der Waals surface area contributed by atoms with Crippen molar-refractivity contribution in [1.82, 2.24) is 15.0 Å². The smallest absolute Gasteiger partial charge is 0.354 e. The minimum absolute atomic E-state index is 0.160. The molecule has 0 aromatic carbocycles. The number of nitrogens with zero attached hydrogens (tertiary/aromatic N) is 2. The van der Waals surface area contributed by atoms with E-state index in [0.29, 0.717) is 17.6 Å². The van der Waals surface area contributed by atoms with Crippen molar-refractivity contribution < 1.29 is 14.6 Å². The number of rotatable bonds is 2. The first-order valence-electron chi connectivity index (χ1n) is 4.42. The summed E-state index contributed by atoms with van der Waals surface area (Å²) < 4.78 is 4.80. The zero-order valence-electron chi connectivity index (χ0n) is 8.02. The first-order valence-corrected chi connectivity index (χ1v) is 4.42. The van der Waals surface area contributed by atoms with Crippen molar-refractivity contribution in [3.63, 3.8) is 0 Å². The van der Waals surface area contributed by atoms with Crippen LogP contribution < -0.4 is 0 Å². The molecule has 0 aliphatic rings. The third-order valence-electron chi connectivity index (χ3n) is 1.90. The summed E-state index contributed by atoms with van der Waals surface area (Å²) in [6, 6.07) is 1.46. The molecule has 2 aromatic heterocycles. The predicted octanol–water partition coefficient (Wildman–Crippen LogP) is 0.840. The second-order valence-electron chi connectivity index (χ2n) is 2.86. The lowest BCUT2D eigenvalue weighted by Gasteiger charge is -1.96. The average molecular weight is 207 g/mol. The standard InChI is InChI=1S/C9H9N3O3/c1-2-15-9(14)6-3-5-7(12-6)10-4-11-8(5)13/h3-4H,2H2,1H3,(H2,10,11,12,13). The molecular weight excluding hydrogens is 198 g/mol. The van der Waals surface area contributed by atoms with Crippen molar-refractivity contribution in [2.45, 2.75) is 6.92 Å². The second-order valence-corrected chi connectivity index (χ2v) is 2.86. The summed E-state index contributed by atoms with van der Waals surface area (Å²) in [6.07, 6.45) is 1.21. The van der Waals surface area contributed by atoms with Crippen LogP contribution in [0.5, 0.6) is 5.88 Å². The fourth-order valence-electron chi connectivity index (χ4n) is 1.25. The van der Waals surface area contributed by atoms with Crippen molar-refractivity contribution in [3.05, 3.63) is 18.1 Å². The van der Waals surface area contributed by atoms with Crippen LogP contribution in [0.4, 0.5) is 0 Å². The zero-order valence-corrected chi connectivity index (χ0v) is 8.02. The van der Waals surface area contributed by atoms with E-state index in [-0.39, 0.29) is 11.6 Å². The molecule has 0 saturated carbocycles. The van der Waals surface area contributed by atoms with Gasteiger partial charge >= 0.3 is 5.97 Å². The molecule has 0 aliphatic carbocycles. The van der Waals surface area contributed by atoms with Crippen molar-refractivity contribution in [3.8, 4) is 5.88 Å². The molecule has 0 bridgehead atoms. The van der Waals surface area contributed by atoms with Crippen LogP contribution in [0.1, 0.15) is 17.4 Å². The van der Waals surface area contributed by atoms with Crippen LogP contribution in [0.25, 0.3) is 11.0 Å². The molecule has 0 spiro atoms. The topological polar surface area (TPSA) is 88.1 Å². The summed E-state index contributed by atoms with van der Waals surface area (Å²) in [6.45, 7) is 2.02. The highest BCUT2D eigenvalue weighted by Crippen LogP contribution is 2.20. The Kier molecular flexibility index (Phi) is 2.24. The predicted molar refractivity (Wildman–Crippen MR) is 51.5 cm³/mol. The quantitative estimate of drug-likeness (QED) is 0.712. The largest absolute Gasteiger partial charge is 0.493 e. The molecule has 78 valence electrons. The molecule has 2 aromatic rings. The van der Waals surface area contributed by atoms with E-state index >= 15 is 0 Å². The molecule has 0 atom stereocenters. The summed E-state index contributed by atoms with van der Waals surface area (Å²) >= 11 is 0. The van der Waals surface area contributed by atoms with E-state index in [9.17, 15) is 9.90 Å². The summed E-state index contributed by atoms with van der Waals surface area (Å²) in [5.74, 6) is -0.637. The van der Waals surface area contributed by atoms with Gasteiger partial charge in [0, 0.05) is 0 Å². The number of esters is 1. The first-order chi connectivity index (χ1) is 7.22. The van der Waals surface area contributed by atoms with Crippen LogP contribution in [0, 0.1) is 0 Å². The molecule has 0 radical (unpaired) electrons.